The van der Waals surface area contributed by atoms with Gasteiger partial charge in [-0.25, -0.2) is 0 Å². The second kappa shape index (κ2) is 48.6. The fraction of sp³-hybridized carbons (Fsp3) is 0.828. The Balaban J connectivity index is 5.39. The Morgan fingerprint density at radius 1 is 0.529 bits per heavy atom. The molecule has 0 heterocycles. The lowest BCUT2D eigenvalue weighted by molar-refractivity contribution is -0.870. The molecular weight excluding hydrogens is 868 g/mol. The Morgan fingerprint density at radius 2 is 0.941 bits per heavy atom. The Bertz CT molecular complexity index is 1310. The number of amides is 1. The summed E-state index contributed by atoms with van der Waals surface area (Å²) in [4.78, 5) is 39.8. The maximum Gasteiger partial charge on any atom is 0.306 e. The highest BCUT2D eigenvalue weighted by Gasteiger charge is 2.27. The van der Waals surface area contributed by atoms with Crippen molar-refractivity contribution in [3.8, 4) is 0 Å². The fourth-order valence-corrected chi connectivity index (χ4v) is 8.81. The van der Waals surface area contributed by atoms with Crippen LogP contribution in [-0.4, -0.2) is 69.4 Å². The highest BCUT2D eigenvalue weighted by molar-refractivity contribution is 7.45. The van der Waals surface area contributed by atoms with Crippen molar-refractivity contribution in [2.75, 3.05) is 40.9 Å². The third-order valence-corrected chi connectivity index (χ3v) is 13.5. The summed E-state index contributed by atoms with van der Waals surface area (Å²) >= 11 is 0. The van der Waals surface area contributed by atoms with Gasteiger partial charge in [0, 0.05) is 12.8 Å². The van der Waals surface area contributed by atoms with E-state index in [0.29, 0.717) is 17.4 Å². The van der Waals surface area contributed by atoms with E-state index in [0.717, 1.165) is 96.3 Å². The van der Waals surface area contributed by atoms with Crippen LogP contribution < -0.4 is 10.2 Å². The van der Waals surface area contributed by atoms with Crippen LogP contribution in [0.4, 0.5) is 0 Å². The van der Waals surface area contributed by atoms with Crippen molar-refractivity contribution in [3.05, 3.63) is 48.6 Å². The molecule has 0 aliphatic rings. The summed E-state index contributed by atoms with van der Waals surface area (Å²) in [6.07, 6.45) is 57.8. The normalized spacial score (nSPS) is 14.2. The predicted octanol–water partition coefficient (Wildman–Crippen LogP) is 16.3. The molecular formula is C58H109N2O7P. The molecule has 68 heavy (non-hydrogen) atoms. The van der Waals surface area contributed by atoms with E-state index < -0.39 is 26.6 Å². The van der Waals surface area contributed by atoms with E-state index >= 15 is 0 Å². The van der Waals surface area contributed by atoms with Crippen LogP contribution in [0.3, 0.4) is 0 Å². The molecule has 398 valence electrons. The van der Waals surface area contributed by atoms with Gasteiger partial charge in [-0.1, -0.05) is 211 Å². The second-order valence-corrected chi connectivity index (χ2v) is 21.8. The van der Waals surface area contributed by atoms with Crippen molar-refractivity contribution >= 4 is 19.7 Å². The largest absolute Gasteiger partial charge is 0.756 e. The Kier molecular flexibility index (Phi) is 47.1. The van der Waals surface area contributed by atoms with E-state index in [-0.39, 0.29) is 24.9 Å². The zero-order valence-corrected chi connectivity index (χ0v) is 46.2. The molecule has 1 amide bonds. The lowest BCUT2D eigenvalue weighted by Gasteiger charge is -2.30. The number of phosphoric ester groups is 1. The SMILES string of the molecule is CC/C=C/C/C=C/CCCCCCCCCC(=O)NC(COP(=O)([O-])OCC[N+](C)(C)C)C(/C=C/CCCCCCCCCCCCC)OC(=O)CCCCCCCCC/C=C\CCCCCC. The summed E-state index contributed by atoms with van der Waals surface area (Å²) in [5.41, 5.74) is 0. The van der Waals surface area contributed by atoms with Crippen LogP contribution >= 0.6 is 7.82 Å². The maximum absolute atomic E-state index is 13.5. The van der Waals surface area contributed by atoms with Crippen LogP contribution in [0.1, 0.15) is 258 Å². The number of nitrogens with zero attached hydrogens (tertiary/aromatic N) is 1. The predicted molar refractivity (Wildman–Crippen MR) is 289 cm³/mol. The van der Waals surface area contributed by atoms with E-state index in [1.54, 1.807) is 0 Å². The number of carbonyl (C=O) groups excluding carboxylic acids is 2. The first-order valence-electron chi connectivity index (χ1n) is 28.4. The number of esters is 1. The number of quaternary nitrogens is 1. The van der Waals surface area contributed by atoms with Gasteiger partial charge in [-0.2, -0.15) is 0 Å². The minimum absolute atomic E-state index is 0.0246. The van der Waals surface area contributed by atoms with E-state index in [2.05, 4.69) is 62.5 Å². The zero-order valence-electron chi connectivity index (χ0n) is 45.3. The summed E-state index contributed by atoms with van der Waals surface area (Å²) < 4.78 is 30.2. The minimum atomic E-state index is -4.69. The average molecular weight is 977 g/mol. The van der Waals surface area contributed by atoms with Crippen molar-refractivity contribution in [1.29, 1.82) is 0 Å². The maximum atomic E-state index is 13.5. The zero-order chi connectivity index (χ0) is 50.1. The van der Waals surface area contributed by atoms with Crippen LogP contribution in [0.15, 0.2) is 48.6 Å². The average Bonchev–Trinajstić information content (AvgIpc) is 3.29. The number of hydrogen-bond acceptors (Lipinski definition) is 7. The number of phosphoric acid groups is 1. The summed E-state index contributed by atoms with van der Waals surface area (Å²) in [6.45, 7) is 6.72. The fourth-order valence-electron chi connectivity index (χ4n) is 8.08. The summed E-state index contributed by atoms with van der Waals surface area (Å²) in [7, 11) is 1.18. The molecule has 1 N–H and O–H groups in total. The summed E-state index contributed by atoms with van der Waals surface area (Å²) in [5, 5.41) is 3.01. The lowest BCUT2D eigenvalue weighted by atomic mass is 10.0. The first kappa shape index (κ1) is 66.0. The van der Waals surface area contributed by atoms with Gasteiger partial charge in [-0.15, -0.1) is 0 Å². The molecule has 0 radical (unpaired) electrons. The van der Waals surface area contributed by atoms with Gasteiger partial charge in [0.15, 0.2) is 0 Å². The smallest absolute Gasteiger partial charge is 0.306 e. The molecule has 0 aromatic carbocycles. The van der Waals surface area contributed by atoms with Gasteiger partial charge >= 0.3 is 5.97 Å². The number of allylic oxidation sites excluding steroid dienone is 7. The monoisotopic (exact) mass is 977 g/mol. The van der Waals surface area contributed by atoms with Gasteiger partial charge in [0.2, 0.25) is 5.91 Å². The number of ether oxygens (including phenoxy) is 1. The topological polar surface area (TPSA) is 114 Å². The number of unbranched alkanes of at least 4 members (excludes halogenated alkanes) is 29. The van der Waals surface area contributed by atoms with Crippen LogP contribution in [0.25, 0.3) is 0 Å². The van der Waals surface area contributed by atoms with E-state index in [1.165, 1.54) is 128 Å². The molecule has 0 aliphatic heterocycles. The molecule has 0 aromatic rings. The van der Waals surface area contributed by atoms with Crippen molar-refractivity contribution in [3.63, 3.8) is 0 Å². The number of nitrogens with one attached hydrogen (secondary N) is 1. The standard InChI is InChI=1S/C58H109N2O7P/c1-7-10-13-16-19-22-25-28-30-33-36-39-42-45-48-51-58(62)67-56(49-46-43-40-37-34-31-27-24-21-18-15-12-9-3)55(54-66-68(63,64)65-53-52-60(4,5)6)59-57(61)50-47-44-41-38-35-32-29-26-23-20-17-14-11-8-2/h11,14,20,22-23,25,46,49,55-56H,7-10,12-13,15-19,21,24,26-45,47-48,50-54H2,1-6H3,(H-,59,61,63,64)/b14-11+,23-20+,25-22-,49-46+. The van der Waals surface area contributed by atoms with Crippen LogP contribution in [0.2, 0.25) is 0 Å². The van der Waals surface area contributed by atoms with Gasteiger partial charge in [-0.3, -0.25) is 14.2 Å². The van der Waals surface area contributed by atoms with Gasteiger partial charge in [-0.05, 0) is 83.1 Å². The Morgan fingerprint density at radius 3 is 1.43 bits per heavy atom. The molecule has 0 fully saturated rings. The van der Waals surface area contributed by atoms with Gasteiger partial charge in [0.05, 0.1) is 33.8 Å². The molecule has 0 saturated carbocycles. The number of rotatable bonds is 51. The first-order valence-corrected chi connectivity index (χ1v) is 29.9. The molecule has 10 heteroatoms. The van der Waals surface area contributed by atoms with E-state index in [1.807, 2.05) is 33.3 Å². The third kappa shape index (κ3) is 49.0. The van der Waals surface area contributed by atoms with Crippen LogP contribution in [0, 0.1) is 0 Å². The highest BCUT2D eigenvalue weighted by atomic mass is 31.2. The Hall–Kier alpha value is -2.03. The quantitative estimate of drug-likeness (QED) is 0.0212. The van der Waals surface area contributed by atoms with Gasteiger partial charge in [0.25, 0.3) is 7.82 Å². The summed E-state index contributed by atoms with van der Waals surface area (Å²) in [6, 6.07) is -0.892. The van der Waals surface area contributed by atoms with Gasteiger partial charge in [0.1, 0.15) is 19.3 Å². The second-order valence-electron chi connectivity index (χ2n) is 20.4. The first-order chi connectivity index (χ1) is 32.9. The van der Waals surface area contributed by atoms with E-state index in [4.69, 9.17) is 13.8 Å². The van der Waals surface area contributed by atoms with E-state index in [9.17, 15) is 19.0 Å². The van der Waals surface area contributed by atoms with Gasteiger partial charge < -0.3 is 28.5 Å². The highest BCUT2D eigenvalue weighted by Crippen LogP contribution is 2.38. The summed E-state index contributed by atoms with van der Waals surface area (Å²) in [5.74, 6) is -0.552. The lowest BCUT2D eigenvalue weighted by Crippen LogP contribution is -2.47. The van der Waals surface area contributed by atoms with Crippen LogP contribution in [0.5, 0.6) is 0 Å². The molecule has 3 atom stereocenters. The van der Waals surface area contributed by atoms with Crippen molar-refractivity contribution in [2.45, 2.75) is 270 Å². The molecule has 0 aromatic heterocycles. The molecule has 3 unspecified atom stereocenters. The number of carbonyl (C=O) groups is 2. The Labute approximate surface area is 420 Å². The third-order valence-electron chi connectivity index (χ3n) is 12.5. The molecule has 0 rings (SSSR count). The molecule has 0 aliphatic carbocycles. The molecule has 0 saturated heterocycles. The van der Waals surface area contributed by atoms with Crippen molar-refractivity contribution < 1.29 is 37.3 Å². The van der Waals surface area contributed by atoms with Crippen molar-refractivity contribution in [1.82, 2.24) is 5.32 Å². The molecule has 0 bridgehead atoms. The minimum Gasteiger partial charge on any atom is -0.756 e. The number of likely N-dealkylation sites (N-methyl/N-ethyl adjacent to an activating group) is 1. The number of hydrogen-bond donors (Lipinski definition) is 1. The molecule has 0 spiro atoms. The van der Waals surface area contributed by atoms with Crippen molar-refractivity contribution in [2.24, 2.45) is 0 Å². The van der Waals surface area contributed by atoms with Crippen LogP contribution in [-0.2, 0) is 27.9 Å². The molecule has 9 nitrogen and oxygen atoms in total.